The molecule has 2 aromatic heterocycles. The number of aliphatic hydroxyl groups is 1. The van der Waals surface area contributed by atoms with Gasteiger partial charge in [0.15, 0.2) is 23.1 Å². The summed E-state index contributed by atoms with van der Waals surface area (Å²) in [5, 5.41) is 25.4. The van der Waals surface area contributed by atoms with Gasteiger partial charge >= 0.3 is 5.97 Å². The number of amides is 1. The van der Waals surface area contributed by atoms with Crippen molar-refractivity contribution < 1.29 is 24.6 Å². The molecule has 4 atom stereocenters. The summed E-state index contributed by atoms with van der Waals surface area (Å²) in [5.74, 6) is -0.915. The van der Waals surface area contributed by atoms with E-state index in [4.69, 9.17) is 16.3 Å². The Morgan fingerprint density at radius 3 is 2.34 bits per heavy atom. The van der Waals surface area contributed by atoms with Gasteiger partial charge in [0, 0.05) is 19.4 Å². The molecule has 1 saturated carbocycles. The minimum Gasteiger partial charge on any atom is -0.453 e. The molecule has 12 heteroatoms. The number of halogens is 1. The molecule has 0 saturated heterocycles. The van der Waals surface area contributed by atoms with E-state index in [0.717, 1.165) is 11.1 Å². The maximum absolute atomic E-state index is 12.6. The number of nitrogens with zero attached hydrogens (tertiary/aromatic N) is 5. The highest BCUT2D eigenvalue weighted by molar-refractivity contribution is 6.28. The number of imidazole rings is 1. The van der Waals surface area contributed by atoms with Gasteiger partial charge in [-0.05, 0) is 42.5 Å². The molecule has 0 radical (unpaired) electrons. The number of rotatable bonds is 9. The summed E-state index contributed by atoms with van der Waals surface area (Å²) in [4.78, 5) is 37.1. The van der Waals surface area contributed by atoms with Crippen molar-refractivity contribution in [2.24, 2.45) is 0 Å². The molecule has 2 aromatic carbocycles. The van der Waals surface area contributed by atoms with E-state index in [1.54, 1.807) is 10.9 Å². The highest BCUT2D eigenvalue weighted by Gasteiger charge is 2.41. The zero-order chi connectivity index (χ0) is 29.1. The van der Waals surface area contributed by atoms with Gasteiger partial charge in [-0.25, -0.2) is 10.0 Å². The lowest BCUT2D eigenvalue weighted by Crippen LogP contribution is -2.43. The molecule has 1 amide bonds. The predicted octanol–water partition coefficient (Wildman–Crippen LogP) is 3.96. The Labute approximate surface area is 241 Å². The van der Waals surface area contributed by atoms with Crippen LogP contribution in [0.25, 0.3) is 11.2 Å². The minimum atomic E-state index is -1.15. The highest BCUT2D eigenvalue weighted by atomic mass is 35.5. The number of hydroxylamine groups is 2. The molecule has 0 spiro atoms. The third-order valence-corrected chi connectivity index (χ3v) is 7.53. The molecule has 41 heavy (non-hydrogen) atoms. The van der Waals surface area contributed by atoms with Gasteiger partial charge in [0.1, 0.15) is 0 Å². The van der Waals surface area contributed by atoms with Crippen molar-refractivity contribution in [1.29, 1.82) is 0 Å². The van der Waals surface area contributed by atoms with Crippen LogP contribution in [0.15, 0.2) is 67.0 Å². The number of aromatic nitrogens is 4. The average Bonchev–Trinajstić information content (AvgIpc) is 3.56. The normalized spacial score (nSPS) is 19.3. The number of nitrogens with one attached hydrogen (secondary N) is 1. The lowest BCUT2D eigenvalue weighted by atomic mass is 9.91. The van der Waals surface area contributed by atoms with Crippen molar-refractivity contribution in [3.63, 3.8) is 0 Å². The number of carbonyl (C=O) groups excluding carboxylic acids is 2. The van der Waals surface area contributed by atoms with Crippen LogP contribution in [0.1, 0.15) is 49.8 Å². The Bertz CT molecular complexity index is 1480. The first-order chi connectivity index (χ1) is 19.7. The van der Waals surface area contributed by atoms with Crippen molar-refractivity contribution in [2.75, 3.05) is 11.9 Å². The smallest absolute Gasteiger partial charge is 0.303 e. The van der Waals surface area contributed by atoms with Crippen LogP contribution in [0.5, 0.6) is 0 Å². The number of carbonyl (C=O) groups is 2. The van der Waals surface area contributed by atoms with Gasteiger partial charge < -0.3 is 19.7 Å². The zero-order valence-corrected chi connectivity index (χ0v) is 23.3. The van der Waals surface area contributed by atoms with E-state index in [1.165, 1.54) is 13.8 Å². The quantitative estimate of drug-likeness (QED) is 0.116. The summed E-state index contributed by atoms with van der Waals surface area (Å²) in [6.45, 7) is 3.08. The molecule has 5 rings (SSSR count). The van der Waals surface area contributed by atoms with Crippen molar-refractivity contribution in [2.45, 2.75) is 56.9 Å². The van der Waals surface area contributed by atoms with Crippen LogP contribution < -0.4 is 5.32 Å². The summed E-state index contributed by atoms with van der Waals surface area (Å²) in [7, 11) is 0. The Hall–Kier alpha value is -4.06. The van der Waals surface area contributed by atoms with E-state index in [2.05, 4.69) is 44.5 Å². The van der Waals surface area contributed by atoms with Gasteiger partial charge in [-0.15, -0.1) is 0 Å². The third kappa shape index (κ3) is 6.17. The molecule has 1 aliphatic rings. The Morgan fingerprint density at radius 1 is 1.10 bits per heavy atom. The molecule has 1 unspecified atom stereocenters. The lowest BCUT2D eigenvalue weighted by molar-refractivity contribution is -0.189. The van der Waals surface area contributed by atoms with Crippen LogP contribution in [-0.2, 0) is 14.3 Å². The fourth-order valence-electron chi connectivity index (χ4n) is 5.39. The van der Waals surface area contributed by atoms with Crippen LogP contribution in [-0.4, -0.2) is 71.6 Å². The van der Waals surface area contributed by atoms with Gasteiger partial charge in [0.2, 0.25) is 5.28 Å². The van der Waals surface area contributed by atoms with Crippen LogP contribution >= 0.6 is 11.6 Å². The molecule has 11 nitrogen and oxygen atoms in total. The van der Waals surface area contributed by atoms with E-state index < -0.39 is 36.2 Å². The summed E-state index contributed by atoms with van der Waals surface area (Å²) in [6, 6.07) is 19.1. The van der Waals surface area contributed by atoms with Gasteiger partial charge in [0.25, 0.3) is 5.91 Å². The van der Waals surface area contributed by atoms with E-state index in [-0.39, 0.29) is 24.0 Å². The first-order valence-corrected chi connectivity index (χ1v) is 13.7. The number of hydrogen-bond donors (Lipinski definition) is 3. The maximum Gasteiger partial charge on any atom is 0.303 e. The summed E-state index contributed by atoms with van der Waals surface area (Å²) in [6.07, 6.45) is -0.184. The van der Waals surface area contributed by atoms with Crippen molar-refractivity contribution in [3.05, 3.63) is 83.4 Å². The maximum atomic E-state index is 12.6. The zero-order valence-electron chi connectivity index (χ0n) is 22.6. The van der Waals surface area contributed by atoms with Crippen LogP contribution in [0, 0.1) is 0 Å². The standard InChI is InChI=1S/C29H31ClN6O5/c1-17(41-18(2)37)28(39)36(40)21-13-23(24(38)14-21)35-16-32-25-26(33-29(30)34-27(25)35)31-15-22(19-9-5-3-6-10-19)20-11-7-4-8-12-20/h3-12,16-17,21-24,38,40H,13-15H2,1-2H3,(H,31,33,34)/t17-,21?,23+,24-/m0/s1. The number of ether oxygens (including phenoxy) is 1. The number of esters is 1. The summed E-state index contributed by atoms with van der Waals surface area (Å²) < 4.78 is 6.59. The molecule has 0 aliphatic heterocycles. The molecule has 214 valence electrons. The molecule has 3 N–H and O–H groups in total. The molecular formula is C29H31ClN6O5. The average molecular weight is 579 g/mol. The predicted molar refractivity (Wildman–Crippen MR) is 151 cm³/mol. The Morgan fingerprint density at radius 2 is 1.73 bits per heavy atom. The molecule has 1 fully saturated rings. The van der Waals surface area contributed by atoms with Crippen LogP contribution in [0.2, 0.25) is 5.28 Å². The van der Waals surface area contributed by atoms with E-state index >= 15 is 0 Å². The second-order valence-electron chi connectivity index (χ2n) is 10.1. The van der Waals surface area contributed by atoms with Crippen molar-refractivity contribution in [1.82, 2.24) is 24.6 Å². The molecule has 2 heterocycles. The molecule has 0 bridgehead atoms. The van der Waals surface area contributed by atoms with E-state index in [1.807, 2.05) is 36.4 Å². The lowest BCUT2D eigenvalue weighted by Gasteiger charge is -2.24. The van der Waals surface area contributed by atoms with Gasteiger partial charge in [-0.2, -0.15) is 9.97 Å². The number of hydrogen-bond acceptors (Lipinski definition) is 9. The number of fused-ring (bicyclic) bond motifs is 1. The van der Waals surface area contributed by atoms with Gasteiger partial charge in [-0.1, -0.05) is 60.7 Å². The van der Waals surface area contributed by atoms with Gasteiger partial charge in [-0.3, -0.25) is 14.8 Å². The fourth-order valence-corrected chi connectivity index (χ4v) is 5.55. The van der Waals surface area contributed by atoms with Gasteiger partial charge in [0.05, 0.1) is 24.5 Å². The van der Waals surface area contributed by atoms with Crippen LogP contribution in [0.4, 0.5) is 5.82 Å². The Kier molecular flexibility index (Phi) is 8.48. The monoisotopic (exact) mass is 578 g/mol. The van der Waals surface area contributed by atoms with Crippen molar-refractivity contribution >= 4 is 40.5 Å². The van der Waals surface area contributed by atoms with Crippen molar-refractivity contribution in [3.8, 4) is 0 Å². The molecule has 4 aromatic rings. The first-order valence-electron chi connectivity index (χ1n) is 13.3. The summed E-state index contributed by atoms with van der Waals surface area (Å²) >= 11 is 6.34. The second kappa shape index (κ2) is 12.2. The number of aliphatic hydroxyl groups excluding tert-OH is 1. The van der Waals surface area contributed by atoms with Crippen LogP contribution in [0.3, 0.4) is 0 Å². The molecule has 1 aliphatic carbocycles. The summed E-state index contributed by atoms with van der Waals surface area (Å²) in [5.41, 5.74) is 3.17. The first kappa shape index (κ1) is 28.5. The van der Waals surface area contributed by atoms with E-state index in [9.17, 15) is 19.9 Å². The molecular weight excluding hydrogens is 548 g/mol. The van der Waals surface area contributed by atoms with E-state index in [0.29, 0.717) is 28.6 Å². The topological polar surface area (TPSA) is 143 Å². The fraction of sp³-hybridized carbons (Fsp3) is 0.345. The highest BCUT2D eigenvalue weighted by Crippen LogP contribution is 2.36. The number of anilines is 1. The number of benzene rings is 2. The SMILES string of the molecule is CC(=O)O[C@@H](C)C(=O)N(O)C1C[C@@H](n2cnc3c(NCC(c4ccccc4)c4ccccc4)nc(Cl)nc32)[C@@H](O)C1. The minimum absolute atomic E-state index is 0.0101. The third-order valence-electron chi connectivity index (χ3n) is 7.36. The Balaban J connectivity index is 1.37. The second-order valence-corrected chi connectivity index (χ2v) is 10.5. The largest absolute Gasteiger partial charge is 0.453 e.